The van der Waals surface area contributed by atoms with Crippen molar-refractivity contribution in [3.63, 3.8) is 0 Å². The topological polar surface area (TPSA) is 79.4 Å². The number of sulfone groups is 1. The number of nitrogens with one attached hydrogen (secondary N) is 1. The summed E-state index contributed by atoms with van der Waals surface area (Å²) in [5, 5.41) is 4.49. The number of benzene rings is 2. The summed E-state index contributed by atoms with van der Waals surface area (Å²) < 4.78 is 26.0. The third-order valence-electron chi connectivity index (χ3n) is 6.67. The molecule has 0 radical (unpaired) electrons. The number of para-hydroxylation sites is 1. The molecule has 5 rings (SSSR count). The van der Waals surface area contributed by atoms with Crippen molar-refractivity contribution < 1.29 is 13.2 Å². The van der Waals surface area contributed by atoms with Gasteiger partial charge in [-0.25, -0.2) is 13.4 Å². The zero-order valence-corrected chi connectivity index (χ0v) is 23.7. The van der Waals surface area contributed by atoms with Gasteiger partial charge in [0.05, 0.1) is 26.8 Å². The van der Waals surface area contributed by atoms with Crippen molar-refractivity contribution >= 4 is 53.6 Å². The molecule has 6 nitrogen and oxygen atoms in total. The first-order chi connectivity index (χ1) is 17.8. The van der Waals surface area contributed by atoms with E-state index in [0.29, 0.717) is 0 Å². The summed E-state index contributed by atoms with van der Waals surface area (Å²) >= 11 is 3.32. The lowest BCUT2D eigenvalue weighted by molar-refractivity contribution is -0.115. The minimum absolute atomic E-state index is 0.120. The van der Waals surface area contributed by atoms with Gasteiger partial charge in [-0.1, -0.05) is 31.2 Å². The van der Waals surface area contributed by atoms with Crippen LogP contribution >= 0.6 is 22.7 Å². The molecule has 0 fully saturated rings. The third-order valence-corrected chi connectivity index (χ3v) is 11.0. The first-order valence-electron chi connectivity index (χ1n) is 12.6. The smallest absolute Gasteiger partial charge is 0.229 e. The Bertz CT molecular complexity index is 1500. The molecule has 0 aliphatic carbocycles. The highest BCUT2D eigenvalue weighted by Gasteiger charge is 2.27. The highest BCUT2D eigenvalue weighted by molar-refractivity contribution is 7.92. The summed E-state index contributed by atoms with van der Waals surface area (Å²) in [6.45, 7) is 8.51. The van der Waals surface area contributed by atoms with E-state index in [2.05, 4.69) is 23.2 Å². The molecule has 9 heteroatoms. The fourth-order valence-electron chi connectivity index (χ4n) is 4.68. The maximum atomic E-state index is 13.2. The van der Waals surface area contributed by atoms with Gasteiger partial charge in [-0.3, -0.25) is 9.69 Å². The standard InChI is InChI=1S/C28H31N3O3S3/c1-4-14-31-15-13-21-24(17-31)36-28(26(21)27-29-22-7-5-6-8-23(22)35-27)30-25(32)16-19-9-11-20(12-10-19)37(33,34)18(2)3/h5-12,18H,4,13-17H2,1-3H3,(H,30,32). The van der Waals surface area contributed by atoms with E-state index in [1.54, 1.807) is 60.8 Å². The maximum absolute atomic E-state index is 13.2. The Labute approximate surface area is 226 Å². The lowest BCUT2D eigenvalue weighted by atomic mass is 10.0. The summed E-state index contributed by atoms with van der Waals surface area (Å²) in [7, 11) is -3.34. The molecule has 194 valence electrons. The quantitative estimate of drug-likeness (QED) is 0.283. The maximum Gasteiger partial charge on any atom is 0.229 e. The Morgan fingerprint density at radius 1 is 1.11 bits per heavy atom. The normalized spacial score (nSPS) is 14.3. The van der Waals surface area contributed by atoms with E-state index in [-0.39, 0.29) is 17.2 Å². The van der Waals surface area contributed by atoms with E-state index in [1.165, 1.54) is 10.4 Å². The van der Waals surface area contributed by atoms with Crippen LogP contribution in [0.5, 0.6) is 0 Å². The number of thiazole rings is 1. The number of thiophene rings is 1. The molecule has 1 aliphatic heterocycles. The fourth-order valence-corrected chi connectivity index (χ4v) is 8.16. The molecule has 0 unspecified atom stereocenters. The molecule has 4 aromatic rings. The van der Waals surface area contributed by atoms with Crippen LogP contribution in [0.2, 0.25) is 0 Å². The van der Waals surface area contributed by atoms with Crippen molar-refractivity contribution in [2.45, 2.75) is 56.7 Å². The first-order valence-corrected chi connectivity index (χ1v) is 15.8. The van der Waals surface area contributed by atoms with Gasteiger partial charge in [0.2, 0.25) is 5.91 Å². The van der Waals surface area contributed by atoms with Crippen LogP contribution in [-0.4, -0.2) is 42.5 Å². The Morgan fingerprint density at radius 2 is 1.86 bits per heavy atom. The van der Waals surface area contributed by atoms with E-state index in [1.807, 2.05) is 18.2 Å². The SMILES string of the molecule is CCCN1CCc2c(sc(NC(=O)Cc3ccc(S(=O)(=O)C(C)C)cc3)c2-c2nc3ccccc3s2)C1. The van der Waals surface area contributed by atoms with Crippen LogP contribution in [0.15, 0.2) is 53.4 Å². The summed E-state index contributed by atoms with van der Waals surface area (Å²) in [4.78, 5) is 22.1. The van der Waals surface area contributed by atoms with Crippen LogP contribution < -0.4 is 5.32 Å². The van der Waals surface area contributed by atoms with Crippen molar-refractivity contribution in [2.24, 2.45) is 0 Å². The summed E-state index contributed by atoms with van der Waals surface area (Å²) in [6.07, 6.45) is 2.23. The number of fused-ring (bicyclic) bond motifs is 2. The lowest BCUT2D eigenvalue weighted by Crippen LogP contribution is -2.30. The molecule has 0 bridgehead atoms. The molecule has 0 atom stereocenters. The average Bonchev–Trinajstić information content (AvgIpc) is 3.44. The molecule has 0 saturated carbocycles. The van der Waals surface area contributed by atoms with Crippen LogP contribution in [0.1, 0.15) is 43.2 Å². The van der Waals surface area contributed by atoms with Crippen LogP contribution in [-0.2, 0) is 34.0 Å². The molecule has 2 aromatic carbocycles. The zero-order chi connectivity index (χ0) is 26.2. The number of nitrogens with zero attached hydrogens (tertiary/aromatic N) is 2. The molecular formula is C28H31N3O3S3. The number of anilines is 1. The minimum Gasteiger partial charge on any atom is -0.317 e. The Kier molecular flexibility index (Phi) is 7.49. The highest BCUT2D eigenvalue weighted by Crippen LogP contribution is 2.45. The van der Waals surface area contributed by atoms with Crippen LogP contribution in [0.25, 0.3) is 20.8 Å². The lowest BCUT2D eigenvalue weighted by Gasteiger charge is -2.26. The molecule has 1 amide bonds. The molecule has 3 heterocycles. The average molecular weight is 554 g/mol. The van der Waals surface area contributed by atoms with Gasteiger partial charge in [-0.05, 0) is 68.6 Å². The second-order valence-electron chi connectivity index (χ2n) is 9.68. The fraction of sp³-hybridized carbons (Fsp3) is 0.357. The predicted molar refractivity (Wildman–Crippen MR) is 153 cm³/mol. The van der Waals surface area contributed by atoms with E-state index in [0.717, 1.165) is 63.8 Å². The monoisotopic (exact) mass is 553 g/mol. The molecule has 37 heavy (non-hydrogen) atoms. The summed E-state index contributed by atoms with van der Waals surface area (Å²) in [6, 6.07) is 14.8. The first kappa shape index (κ1) is 26.0. The molecule has 0 spiro atoms. The number of amides is 1. The Balaban J connectivity index is 1.42. The minimum atomic E-state index is -3.34. The number of hydrogen-bond acceptors (Lipinski definition) is 7. The van der Waals surface area contributed by atoms with E-state index in [9.17, 15) is 13.2 Å². The van der Waals surface area contributed by atoms with Gasteiger partial charge >= 0.3 is 0 Å². The van der Waals surface area contributed by atoms with Gasteiger partial charge in [0.15, 0.2) is 9.84 Å². The van der Waals surface area contributed by atoms with E-state index in [4.69, 9.17) is 4.98 Å². The van der Waals surface area contributed by atoms with Crippen molar-refractivity contribution in [3.8, 4) is 10.6 Å². The van der Waals surface area contributed by atoms with Gasteiger partial charge < -0.3 is 5.32 Å². The van der Waals surface area contributed by atoms with Gasteiger partial charge in [-0.2, -0.15) is 0 Å². The zero-order valence-electron chi connectivity index (χ0n) is 21.3. The van der Waals surface area contributed by atoms with Crippen molar-refractivity contribution in [2.75, 3.05) is 18.4 Å². The number of carbonyl (C=O) groups excluding carboxylic acids is 1. The molecule has 1 aliphatic rings. The molecule has 1 N–H and O–H groups in total. The van der Waals surface area contributed by atoms with Crippen LogP contribution in [0, 0.1) is 0 Å². The van der Waals surface area contributed by atoms with Gasteiger partial charge in [0.1, 0.15) is 10.0 Å². The number of carbonyl (C=O) groups is 1. The third kappa shape index (κ3) is 5.36. The van der Waals surface area contributed by atoms with Gasteiger partial charge in [0.25, 0.3) is 0 Å². The Morgan fingerprint density at radius 3 is 2.57 bits per heavy atom. The predicted octanol–water partition coefficient (Wildman–Crippen LogP) is 6.16. The summed E-state index contributed by atoms with van der Waals surface area (Å²) in [5.74, 6) is -0.120. The number of hydrogen-bond donors (Lipinski definition) is 1. The van der Waals surface area contributed by atoms with Crippen molar-refractivity contribution in [1.29, 1.82) is 0 Å². The second kappa shape index (κ2) is 10.6. The van der Waals surface area contributed by atoms with Crippen LogP contribution in [0.4, 0.5) is 5.00 Å². The van der Waals surface area contributed by atoms with Gasteiger partial charge in [0, 0.05) is 23.5 Å². The number of rotatable bonds is 8. The van der Waals surface area contributed by atoms with Crippen molar-refractivity contribution in [3.05, 3.63) is 64.5 Å². The van der Waals surface area contributed by atoms with Crippen molar-refractivity contribution in [1.82, 2.24) is 9.88 Å². The van der Waals surface area contributed by atoms with Crippen LogP contribution in [0.3, 0.4) is 0 Å². The molecular weight excluding hydrogens is 523 g/mol. The Hall–Kier alpha value is -2.59. The summed E-state index contributed by atoms with van der Waals surface area (Å²) in [5.41, 5.74) is 4.11. The second-order valence-corrected chi connectivity index (χ2v) is 14.3. The highest BCUT2D eigenvalue weighted by atomic mass is 32.2. The van der Waals surface area contributed by atoms with E-state index < -0.39 is 15.1 Å². The molecule has 2 aromatic heterocycles. The largest absolute Gasteiger partial charge is 0.317 e. The van der Waals surface area contributed by atoms with E-state index >= 15 is 0 Å². The molecule has 0 saturated heterocycles. The number of aromatic nitrogens is 1. The van der Waals surface area contributed by atoms with Gasteiger partial charge in [-0.15, -0.1) is 22.7 Å².